The lowest BCUT2D eigenvalue weighted by Crippen LogP contribution is -2.47. The smallest absolute Gasteiger partial charge is 0.225 e. The van der Waals surface area contributed by atoms with Crippen LogP contribution in [0.2, 0.25) is 0 Å². The van der Waals surface area contributed by atoms with Gasteiger partial charge in [-0.15, -0.1) is 0 Å². The monoisotopic (exact) mass is 540 g/mol. The first-order valence-electron chi connectivity index (χ1n) is 13.8. The van der Waals surface area contributed by atoms with Crippen LogP contribution in [0.15, 0.2) is 102 Å². The Morgan fingerprint density at radius 2 is 1.45 bits per heavy atom. The third kappa shape index (κ3) is 6.46. The summed E-state index contributed by atoms with van der Waals surface area (Å²) in [4.78, 5) is 18.1. The van der Waals surface area contributed by atoms with Crippen molar-refractivity contribution >= 4 is 0 Å². The maximum atomic E-state index is 14.9. The number of rotatable bonds is 8. The average molecular weight is 541 g/mol. The van der Waals surface area contributed by atoms with Gasteiger partial charge in [0.15, 0.2) is 5.75 Å². The third-order valence-electron chi connectivity index (χ3n) is 7.47. The van der Waals surface area contributed by atoms with Gasteiger partial charge in [0.05, 0.1) is 6.04 Å². The van der Waals surface area contributed by atoms with E-state index < -0.39 is 11.6 Å². The topological polar surface area (TPSA) is 32.8 Å². The highest BCUT2D eigenvalue weighted by Gasteiger charge is 2.29. The largest absolute Gasteiger partial charge is 0.453 e. The van der Waals surface area contributed by atoms with Gasteiger partial charge in [0.1, 0.15) is 17.4 Å². The Hall–Kier alpha value is -3.87. The first kappa shape index (κ1) is 27.7. The minimum Gasteiger partial charge on any atom is -0.453 e. The number of hydrogen-bond donors (Lipinski definition) is 0. The van der Waals surface area contributed by atoms with Gasteiger partial charge in [-0.3, -0.25) is 14.6 Å². The molecule has 0 aliphatic carbocycles. The Morgan fingerprint density at radius 3 is 2.10 bits per heavy atom. The zero-order valence-corrected chi connectivity index (χ0v) is 22.9. The summed E-state index contributed by atoms with van der Waals surface area (Å²) in [6, 6.07) is 28.4. The fourth-order valence-corrected chi connectivity index (χ4v) is 5.24. The standard InChI is InChI=1S/C34H34F2N2O2/c1-24(2)26-13-14-27(34(39)32(21-26)40-29-11-7-4-8-12-29)23-37-17-19-38(20-18-37)33(25-9-5-3-6-10-25)30-16-15-28(35)22-31(30)36/h3-16,21-22,24,33H,17-20,23H2,1-2H3. The highest BCUT2D eigenvalue weighted by molar-refractivity contribution is 5.37. The number of para-hydroxylation sites is 1. The van der Waals surface area contributed by atoms with Crippen LogP contribution in [0.4, 0.5) is 8.78 Å². The van der Waals surface area contributed by atoms with E-state index in [0.29, 0.717) is 55.3 Å². The number of ether oxygens (including phenoxy) is 1. The molecule has 1 heterocycles. The minimum absolute atomic E-state index is 0.117. The van der Waals surface area contributed by atoms with Gasteiger partial charge in [-0.05, 0) is 41.3 Å². The maximum absolute atomic E-state index is 14.9. The van der Waals surface area contributed by atoms with Crippen molar-refractivity contribution in [2.75, 3.05) is 26.2 Å². The molecule has 0 saturated carbocycles. The second-order valence-electron chi connectivity index (χ2n) is 10.6. The summed E-state index contributed by atoms with van der Waals surface area (Å²) in [7, 11) is 0. The average Bonchev–Trinajstić information content (AvgIpc) is 3.11. The van der Waals surface area contributed by atoms with Crippen LogP contribution in [0.5, 0.6) is 11.5 Å². The third-order valence-corrected chi connectivity index (χ3v) is 7.47. The molecule has 6 heteroatoms. The molecule has 4 nitrogen and oxygen atoms in total. The van der Waals surface area contributed by atoms with Gasteiger partial charge in [0, 0.05) is 49.9 Å². The first-order valence-corrected chi connectivity index (χ1v) is 13.8. The molecule has 1 aliphatic rings. The summed E-state index contributed by atoms with van der Waals surface area (Å²) in [5.41, 5.74) is 3.01. The Balaban J connectivity index is 1.36. The van der Waals surface area contributed by atoms with Crippen LogP contribution in [0.1, 0.15) is 48.1 Å². The van der Waals surface area contributed by atoms with Crippen LogP contribution in [-0.2, 0) is 6.54 Å². The molecule has 206 valence electrons. The van der Waals surface area contributed by atoms with Crippen molar-refractivity contribution < 1.29 is 13.5 Å². The second kappa shape index (κ2) is 12.5. The number of benzene rings is 3. The number of piperazine rings is 1. The van der Waals surface area contributed by atoms with Gasteiger partial charge in [0.25, 0.3) is 0 Å². The lowest BCUT2D eigenvalue weighted by atomic mass is 9.95. The molecule has 1 fully saturated rings. The molecule has 0 N–H and O–H groups in total. The van der Waals surface area contributed by atoms with E-state index in [4.69, 9.17) is 4.74 Å². The van der Waals surface area contributed by atoms with E-state index in [1.807, 2.05) is 78.9 Å². The van der Waals surface area contributed by atoms with Crippen LogP contribution in [0.25, 0.3) is 0 Å². The van der Waals surface area contributed by atoms with Crippen LogP contribution >= 0.6 is 0 Å². The summed E-state index contributed by atoms with van der Waals surface area (Å²) >= 11 is 0. The summed E-state index contributed by atoms with van der Waals surface area (Å²) in [6.07, 6.45) is 0. The molecule has 1 aliphatic heterocycles. The van der Waals surface area contributed by atoms with Gasteiger partial charge in [-0.1, -0.05) is 80.6 Å². The molecule has 0 bridgehead atoms. The van der Waals surface area contributed by atoms with Gasteiger partial charge in [-0.25, -0.2) is 8.78 Å². The molecule has 1 atom stereocenters. The molecule has 4 aromatic carbocycles. The lowest BCUT2D eigenvalue weighted by Gasteiger charge is -2.39. The molecule has 4 aromatic rings. The molecule has 1 saturated heterocycles. The number of nitrogens with zero attached hydrogens (tertiary/aromatic N) is 2. The molecule has 0 radical (unpaired) electrons. The van der Waals surface area contributed by atoms with Crippen molar-refractivity contribution in [3.05, 3.63) is 141 Å². The molecule has 5 rings (SSSR count). The maximum Gasteiger partial charge on any atom is 0.225 e. The molecule has 40 heavy (non-hydrogen) atoms. The van der Waals surface area contributed by atoms with E-state index >= 15 is 0 Å². The van der Waals surface area contributed by atoms with E-state index in [2.05, 4.69) is 23.6 Å². The Kier molecular flexibility index (Phi) is 8.68. The van der Waals surface area contributed by atoms with Gasteiger partial charge in [0.2, 0.25) is 5.43 Å². The summed E-state index contributed by atoms with van der Waals surface area (Å²) < 4.78 is 34.7. The van der Waals surface area contributed by atoms with E-state index in [1.165, 1.54) is 6.07 Å². The fourth-order valence-electron chi connectivity index (χ4n) is 5.24. The molecular weight excluding hydrogens is 506 g/mol. The van der Waals surface area contributed by atoms with Crippen molar-refractivity contribution in [3.63, 3.8) is 0 Å². The van der Waals surface area contributed by atoms with Crippen LogP contribution in [-0.4, -0.2) is 36.0 Å². The zero-order valence-electron chi connectivity index (χ0n) is 22.9. The molecule has 0 spiro atoms. The van der Waals surface area contributed by atoms with E-state index in [9.17, 15) is 13.6 Å². The van der Waals surface area contributed by atoms with Crippen LogP contribution in [0, 0.1) is 11.6 Å². The Morgan fingerprint density at radius 1 is 0.775 bits per heavy atom. The Labute approximate surface area is 234 Å². The highest BCUT2D eigenvalue weighted by atomic mass is 19.1. The SMILES string of the molecule is CC(C)c1ccc(CN2CCN(C(c3ccccc3)c3ccc(F)cc3F)CC2)c(=O)c(Oc2ccccc2)c1. The predicted octanol–water partition coefficient (Wildman–Crippen LogP) is 7.15. The van der Waals surface area contributed by atoms with Crippen molar-refractivity contribution in [1.82, 2.24) is 9.80 Å². The normalized spacial score (nSPS) is 15.2. The number of halogens is 2. The second-order valence-corrected chi connectivity index (χ2v) is 10.6. The van der Waals surface area contributed by atoms with Crippen molar-refractivity contribution in [2.45, 2.75) is 32.4 Å². The molecule has 0 amide bonds. The highest BCUT2D eigenvalue weighted by Crippen LogP contribution is 2.32. The van der Waals surface area contributed by atoms with E-state index in [0.717, 1.165) is 17.2 Å². The van der Waals surface area contributed by atoms with Gasteiger partial charge < -0.3 is 4.74 Å². The molecular formula is C34H34F2N2O2. The van der Waals surface area contributed by atoms with Crippen LogP contribution in [0.3, 0.4) is 0 Å². The van der Waals surface area contributed by atoms with Crippen molar-refractivity contribution in [3.8, 4) is 11.5 Å². The van der Waals surface area contributed by atoms with Gasteiger partial charge >= 0.3 is 0 Å². The first-order chi connectivity index (χ1) is 19.4. The van der Waals surface area contributed by atoms with Crippen LogP contribution < -0.4 is 10.2 Å². The molecule has 0 aromatic heterocycles. The van der Waals surface area contributed by atoms with Crippen molar-refractivity contribution in [1.29, 1.82) is 0 Å². The van der Waals surface area contributed by atoms with E-state index in [-0.39, 0.29) is 17.4 Å². The fraction of sp³-hybridized carbons (Fsp3) is 0.265. The zero-order chi connectivity index (χ0) is 28.1. The summed E-state index contributed by atoms with van der Waals surface area (Å²) in [6.45, 7) is 7.44. The lowest BCUT2D eigenvalue weighted by molar-refractivity contribution is 0.103. The van der Waals surface area contributed by atoms with Gasteiger partial charge in [-0.2, -0.15) is 0 Å². The summed E-state index contributed by atoms with van der Waals surface area (Å²) in [5, 5.41) is 0. The summed E-state index contributed by atoms with van der Waals surface area (Å²) in [5.74, 6) is 0.0575. The molecule has 1 unspecified atom stereocenters. The predicted molar refractivity (Wildman–Crippen MR) is 155 cm³/mol. The Bertz CT molecular complexity index is 1490. The van der Waals surface area contributed by atoms with E-state index in [1.54, 1.807) is 6.07 Å². The quantitative estimate of drug-likeness (QED) is 0.238. The van der Waals surface area contributed by atoms with Crippen molar-refractivity contribution in [2.24, 2.45) is 0 Å². The number of hydrogen-bond acceptors (Lipinski definition) is 4. The minimum atomic E-state index is -0.585.